The lowest BCUT2D eigenvalue weighted by Crippen LogP contribution is -2.46. The molecule has 2 amide bonds. The molecular formula is C26H32F2N2O5Si. The Morgan fingerprint density at radius 2 is 1.81 bits per heavy atom. The second-order valence-electron chi connectivity index (χ2n) is 9.59. The molecule has 194 valence electrons. The fourth-order valence-corrected chi connectivity index (χ4v) is 6.29. The molecule has 2 aromatic rings. The Kier molecular flexibility index (Phi) is 8.49. The van der Waals surface area contributed by atoms with E-state index >= 15 is 0 Å². The van der Waals surface area contributed by atoms with Crippen LogP contribution in [0.2, 0.25) is 19.1 Å². The molecule has 0 unspecified atom stereocenters. The molecule has 10 heteroatoms. The van der Waals surface area contributed by atoms with Gasteiger partial charge in [0.05, 0.1) is 15.2 Å². The highest BCUT2D eigenvalue weighted by Crippen LogP contribution is 2.34. The molecule has 1 heterocycles. The number of anilines is 1. The Bertz CT molecular complexity index is 1150. The van der Waals surface area contributed by atoms with Crippen molar-refractivity contribution in [3.05, 3.63) is 53.1 Å². The van der Waals surface area contributed by atoms with Gasteiger partial charge in [0.15, 0.2) is 0 Å². The average molecular weight is 519 g/mol. The van der Waals surface area contributed by atoms with Gasteiger partial charge >= 0.3 is 5.97 Å². The van der Waals surface area contributed by atoms with E-state index in [1.165, 1.54) is 12.0 Å². The summed E-state index contributed by atoms with van der Waals surface area (Å²) in [4.78, 5) is 38.7. The van der Waals surface area contributed by atoms with Crippen LogP contribution in [0.15, 0.2) is 30.3 Å². The van der Waals surface area contributed by atoms with Gasteiger partial charge in [-0.3, -0.25) is 14.4 Å². The number of rotatable bonds is 9. The minimum absolute atomic E-state index is 0.0291. The van der Waals surface area contributed by atoms with Crippen LogP contribution in [0, 0.1) is 11.6 Å². The molecule has 0 aliphatic carbocycles. The highest BCUT2D eigenvalue weighted by atomic mass is 28.3. The molecular weight excluding hydrogens is 486 g/mol. The average Bonchev–Trinajstić information content (AvgIpc) is 2.81. The van der Waals surface area contributed by atoms with E-state index in [0.29, 0.717) is 23.8 Å². The van der Waals surface area contributed by atoms with Crippen LogP contribution in [-0.2, 0) is 20.8 Å². The number of nitrogens with one attached hydrogen (secondary N) is 1. The summed E-state index contributed by atoms with van der Waals surface area (Å²) in [7, 11) is -0.780. The zero-order valence-corrected chi connectivity index (χ0v) is 22.0. The number of carboxylic acids is 1. The number of ether oxygens (including phenoxy) is 1. The number of carbonyl (C=O) groups is 3. The van der Waals surface area contributed by atoms with E-state index in [0.717, 1.165) is 17.7 Å². The van der Waals surface area contributed by atoms with Crippen molar-refractivity contribution in [2.75, 3.05) is 19.0 Å². The van der Waals surface area contributed by atoms with Crippen LogP contribution in [0.5, 0.6) is 5.75 Å². The van der Waals surface area contributed by atoms with E-state index in [-0.39, 0.29) is 42.6 Å². The molecule has 2 aromatic carbocycles. The third-order valence-electron chi connectivity index (χ3n) is 6.80. The van der Waals surface area contributed by atoms with E-state index < -0.39 is 37.6 Å². The van der Waals surface area contributed by atoms with Gasteiger partial charge in [-0.15, -0.1) is 0 Å². The maximum Gasteiger partial charge on any atom is 0.303 e. The first-order chi connectivity index (χ1) is 17.0. The predicted octanol–water partition coefficient (Wildman–Crippen LogP) is 4.23. The molecule has 2 N–H and O–H groups in total. The molecule has 0 radical (unpaired) electrons. The Morgan fingerprint density at radius 3 is 2.39 bits per heavy atom. The van der Waals surface area contributed by atoms with Gasteiger partial charge in [-0.2, -0.15) is 0 Å². The number of benzene rings is 2. The summed E-state index contributed by atoms with van der Waals surface area (Å²) in [5.74, 6) is -2.75. The van der Waals surface area contributed by atoms with E-state index in [4.69, 9.17) is 9.84 Å². The fourth-order valence-electron chi connectivity index (χ4n) is 4.50. The summed E-state index contributed by atoms with van der Waals surface area (Å²) < 4.78 is 35.1. The number of aliphatic carboxylic acids is 1. The second-order valence-corrected chi connectivity index (χ2v) is 14.6. The number of halogens is 2. The molecule has 0 saturated carbocycles. The molecule has 1 aliphatic rings. The van der Waals surface area contributed by atoms with Crippen LogP contribution in [-0.4, -0.2) is 49.5 Å². The fraction of sp³-hybridized carbons (Fsp3) is 0.423. The minimum Gasteiger partial charge on any atom is -0.497 e. The summed E-state index contributed by atoms with van der Waals surface area (Å²) in [6.45, 7) is 5.90. The van der Waals surface area contributed by atoms with Gasteiger partial charge in [0, 0.05) is 30.3 Å². The monoisotopic (exact) mass is 518 g/mol. The lowest BCUT2D eigenvalue weighted by molar-refractivity contribution is -0.140. The predicted molar refractivity (Wildman–Crippen MR) is 135 cm³/mol. The SMILES string of the molecule is CC[Si](C)(C)c1c(F)cc(NC(=O)[C@H]2c3ccc(OC)cc3CCN2C(=O)CCCC(=O)O)cc1F. The first-order valence-electron chi connectivity index (χ1n) is 12.0. The number of methoxy groups -OCH3 is 1. The molecule has 0 fully saturated rings. The largest absolute Gasteiger partial charge is 0.497 e. The maximum absolute atomic E-state index is 14.9. The lowest BCUT2D eigenvalue weighted by atomic mass is 9.91. The van der Waals surface area contributed by atoms with E-state index in [2.05, 4.69) is 5.32 Å². The summed E-state index contributed by atoms with van der Waals surface area (Å²) in [6.07, 6.45) is 0.432. The van der Waals surface area contributed by atoms with Gasteiger partial charge in [0.1, 0.15) is 23.4 Å². The highest BCUT2D eigenvalue weighted by molar-refractivity contribution is 6.89. The smallest absolute Gasteiger partial charge is 0.303 e. The topological polar surface area (TPSA) is 95.9 Å². The molecule has 0 bridgehead atoms. The second kappa shape index (κ2) is 11.2. The zero-order valence-electron chi connectivity index (χ0n) is 21.0. The quantitative estimate of drug-likeness (QED) is 0.485. The molecule has 1 aliphatic heterocycles. The van der Waals surface area contributed by atoms with Crippen LogP contribution in [0.1, 0.15) is 43.4 Å². The van der Waals surface area contributed by atoms with Crippen molar-refractivity contribution in [1.29, 1.82) is 0 Å². The number of nitrogens with zero attached hydrogens (tertiary/aromatic N) is 1. The van der Waals surface area contributed by atoms with Crippen LogP contribution >= 0.6 is 0 Å². The highest BCUT2D eigenvalue weighted by Gasteiger charge is 2.36. The number of fused-ring (bicyclic) bond motifs is 1. The van der Waals surface area contributed by atoms with Gasteiger partial charge in [0.2, 0.25) is 5.91 Å². The van der Waals surface area contributed by atoms with Crippen LogP contribution < -0.4 is 15.2 Å². The van der Waals surface area contributed by atoms with Gasteiger partial charge in [-0.25, -0.2) is 8.78 Å². The standard InChI is InChI=1S/C26H32F2N2O5Si/c1-5-36(3,4)25-20(27)14-17(15-21(25)28)29-26(34)24-19-10-9-18(35-2)13-16(19)11-12-30(24)22(31)7-6-8-23(32)33/h9-10,13-15,24H,5-8,11-12H2,1-4H3,(H,29,34)(H,32,33)/t24-/m1/s1. The summed E-state index contributed by atoms with van der Waals surface area (Å²) in [6, 6.07) is 7.05. The van der Waals surface area contributed by atoms with Crippen molar-refractivity contribution < 1.29 is 33.0 Å². The maximum atomic E-state index is 14.9. The Morgan fingerprint density at radius 1 is 1.14 bits per heavy atom. The number of hydrogen-bond acceptors (Lipinski definition) is 4. The van der Waals surface area contributed by atoms with Gasteiger partial charge in [0.25, 0.3) is 5.91 Å². The molecule has 0 aromatic heterocycles. The van der Waals surface area contributed by atoms with Crippen molar-refractivity contribution >= 4 is 36.7 Å². The molecule has 1 atom stereocenters. The van der Waals surface area contributed by atoms with Crippen molar-refractivity contribution in [3.63, 3.8) is 0 Å². The summed E-state index contributed by atoms with van der Waals surface area (Å²) >= 11 is 0. The van der Waals surface area contributed by atoms with E-state index in [9.17, 15) is 23.2 Å². The Balaban J connectivity index is 1.93. The third-order valence-corrected chi connectivity index (χ3v) is 10.4. The molecule has 0 spiro atoms. The first kappa shape index (κ1) is 27.3. The number of carbonyl (C=O) groups excluding carboxylic acids is 2. The van der Waals surface area contributed by atoms with E-state index in [1.54, 1.807) is 18.2 Å². The van der Waals surface area contributed by atoms with Crippen LogP contribution in [0.3, 0.4) is 0 Å². The molecule has 7 nitrogen and oxygen atoms in total. The normalized spacial score (nSPS) is 15.3. The first-order valence-corrected chi connectivity index (χ1v) is 15.2. The molecule has 36 heavy (non-hydrogen) atoms. The Labute approximate surface area is 210 Å². The number of amides is 2. The zero-order chi connectivity index (χ0) is 26.6. The van der Waals surface area contributed by atoms with Gasteiger partial charge in [-0.05, 0) is 48.2 Å². The summed E-state index contributed by atoms with van der Waals surface area (Å²) in [5.41, 5.74) is 1.38. The van der Waals surface area contributed by atoms with Crippen molar-refractivity contribution in [1.82, 2.24) is 4.90 Å². The van der Waals surface area contributed by atoms with E-state index in [1.807, 2.05) is 20.0 Å². The summed E-state index contributed by atoms with van der Waals surface area (Å²) in [5, 5.41) is 11.6. The minimum atomic E-state index is -2.31. The molecule has 3 rings (SSSR count). The lowest BCUT2D eigenvalue weighted by Gasteiger charge is -2.36. The number of carboxylic acid groups (broad SMARTS) is 1. The van der Waals surface area contributed by atoms with Crippen LogP contribution in [0.4, 0.5) is 14.5 Å². The Hall–Kier alpha value is -3.27. The van der Waals surface area contributed by atoms with Crippen LogP contribution in [0.25, 0.3) is 0 Å². The van der Waals surface area contributed by atoms with Crippen molar-refractivity contribution in [3.8, 4) is 5.75 Å². The van der Waals surface area contributed by atoms with Crippen molar-refractivity contribution in [2.24, 2.45) is 0 Å². The van der Waals surface area contributed by atoms with Gasteiger partial charge in [-0.1, -0.05) is 32.1 Å². The van der Waals surface area contributed by atoms with Gasteiger partial charge < -0.3 is 20.1 Å². The third kappa shape index (κ3) is 5.92. The van der Waals surface area contributed by atoms with Crippen molar-refractivity contribution in [2.45, 2.75) is 57.8 Å². The molecule has 0 saturated heterocycles. The number of hydrogen-bond donors (Lipinski definition) is 2.